The van der Waals surface area contributed by atoms with Gasteiger partial charge in [0.15, 0.2) is 0 Å². The van der Waals surface area contributed by atoms with Gasteiger partial charge in [-0.25, -0.2) is 4.39 Å². The summed E-state index contributed by atoms with van der Waals surface area (Å²) in [6.45, 7) is 7.46. The van der Waals surface area contributed by atoms with E-state index >= 15 is 0 Å². The van der Waals surface area contributed by atoms with E-state index in [4.69, 9.17) is 5.73 Å². The molecule has 0 aliphatic carbocycles. The Labute approximate surface area is 101 Å². The van der Waals surface area contributed by atoms with Crippen molar-refractivity contribution >= 4 is 11.6 Å². The maximum atomic E-state index is 13.1. The zero-order chi connectivity index (χ0) is 13.2. The molecule has 1 rings (SSSR count). The van der Waals surface area contributed by atoms with E-state index in [0.29, 0.717) is 5.69 Å². The van der Waals surface area contributed by atoms with Gasteiger partial charge in [0.1, 0.15) is 5.82 Å². The molecule has 0 saturated carbocycles. The van der Waals surface area contributed by atoms with Crippen LogP contribution in [0.25, 0.3) is 0 Å². The summed E-state index contributed by atoms with van der Waals surface area (Å²) in [7, 11) is 0. The number of hydrogen-bond donors (Lipinski definition) is 2. The Morgan fingerprint density at radius 2 is 2.00 bits per heavy atom. The Bertz CT molecular complexity index is 424. The SMILES string of the molecule is Cc1ccc(F)cc1NC(=O)[C@H](N)C(C)(C)C. The van der Waals surface area contributed by atoms with Gasteiger partial charge in [0, 0.05) is 5.69 Å². The quantitative estimate of drug-likeness (QED) is 0.831. The fourth-order valence-corrected chi connectivity index (χ4v) is 1.33. The minimum atomic E-state index is -0.634. The first kappa shape index (κ1) is 13.6. The van der Waals surface area contributed by atoms with Crippen LogP contribution < -0.4 is 11.1 Å². The second-order valence-corrected chi connectivity index (χ2v) is 5.29. The van der Waals surface area contributed by atoms with Gasteiger partial charge in [-0.2, -0.15) is 0 Å². The summed E-state index contributed by atoms with van der Waals surface area (Å²) >= 11 is 0. The number of nitrogens with two attached hydrogens (primary N) is 1. The average Bonchev–Trinajstić information content (AvgIpc) is 2.21. The lowest BCUT2D eigenvalue weighted by atomic mass is 9.87. The number of carbonyl (C=O) groups is 1. The van der Waals surface area contributed by atoms with Crippen LogP contribution in [-0.4, -0.2) is 11.9 Å². The summed E-state index contributed by atoms with van der Waals surface area (Å²) in [5.74, 6) is -0.679. The third-order valence-corrected chi connectivity index (χ3v) is 2.67. The van der Waals surface area contributed by atoms with Gasteiger partial charge < -0.3 is 11.1 Å². The average molecular weight is 238 g/mol. The van der Waals surface area contributed by atoms with E-state index in [0.717, 1.165) is 5.56 Å². The second kappa shape index (κ2) is 4.84. The highest BCUT2D eigenvalue weighted by molar-refractivity contribution is 5.95. The van der Waals surface area contributed by atoms with E-state index in [1.165, 1.54) is 12.1 Å². The summed E-state index contributed by atoms with van der Waals surface area (Å²) < 4.78 is 13.1. The van der Waals surface area contributed by atoms with E-state index in [1.807, 2.05) is 20.8 Å². The minimum Gasteiger partial charge on any atom is -0.324 e. The van der Waals surface area contributed by atoms with Gasteiger partial charge in [0.25, 0.3) is 0 Å². The highest BCUT2D eigenvalue weighted by Gasteiger charge is 2.27. The Balaban J connectivity index is 2.85. The van der Waals surface area contributed by atoms with Crippen LogP contribution in [-0.2, 0) is 4.79 Å². The number of carbonyl (C=O) groups excluding carboxylic acids is 1. The van der Waals surface area contributed by atoms with E-state index < -0.39 is 6.04 Å². The van der Waals surface area contributed by atoms with Gasteiger partial charge in [0.2, 0.25) is 5.91 Å². The molecule has 0 unspecified atom stereocenters. The molecular weight excluding hydrogens is 219 g/mol. The van der Waals surface area contributed by atoms with Crippen molar-refractivity contribution in [3.8, 4) is 0 Å². The topological polar surface area (TPSA) is 55.1 Å². The highest BCUT2D eigenvalue weighted by Crippen LogP contribution is 2.21. The molecule has 0 aliphatic rings. The largest absolute Gasteiger partial charge is 0.324 e. The molecule has 0 spiro atoms. The monoisotopic (exact) mass is 238 g/mol. The smallest absolute Gasteiger partial charge is 0.241 e. The molecule has 0 aromatic heterocycles. The number of anilines is 1. The molecule has 0 aliphatic heterocycles. The van der Waals surface area contributed by atoms with Crippen LogP contribution in [0, 0.1) is 18.2 Å². The maximum absolute atomic E-state index is 13.1. The van der Waals surface area contributed by atoms with Crippen molar-refractivity contribution < 1.29 is 9.18 Å². The van der Waals surface area contributed by atoms with Crippen molar-refractivity contribution in [2.75, 3.05) is 5.32 Å². The van der Waals surface area contributed by atoms with E-state index in [9.17, 15) is 9.18 Å². The van der Waals surface area contributed by atoms with Gasteiger partial charge >= 0.3 is 0 Å². The predicted octanol–water partition coefficient (Wildman–Crippen LogP) is 2.45. The Kier molecular flexibility index (Phi) is 3.88. The molecule has 0 heterocycles. The molecule has 1 aromatic carbocycles. The van der Waals surface area contributed by atoms with Crippen LogP contribution in [0.2, 0.25) is 0 Å². The maximum Gasteiger partial charge on any atom is 0.241 e. The van der Waals surface area contributed by atoms with Crippen molar-refractivity contribution in [1.29, 1.82) is 0 Å². The van der Waals surface area contributed by atoms with Gasteiger partial charge in [-0.1, -0.05) is 26.8 Å². The molecule has 3 N–H and O–H groups in total. The standard InChI is InChI=1S/C13H19FN2O/c1-8-5-6-9(14)7-10(8)16-12(17)11(15)13(2,3)4/h5-7,11H,15H2,1-4H3,(H,16,17)/t11-/m0/s1. The molecule has 1 amide bonds. The van der Waals surface area contributed by atoms with Crippen molar-refractivity contribution in [3.63, 3.8) is 0 Å². The molecule has 0 fully saturated rings. The second-order valence-electron chi connectivity index (χ2n) is 5.29. The lowest BCUT2D eigenvalue weighted by Gasteiger charge is -2.26. The fraction of sp³-hybridized carbons (Fsp3) is 0.462. The lowest BCUT2D eigenvalue weighted by molar-refractivity contribution is -0.119. The van der Waals surface area contributed by atoms with Gasteiger partial charge in [-0.05, 0) is 30.0 Å². The molecule has 94 valence electrons. The minimum absolute atomic E-state index is 0.300. The fourth-order valence-electron chi connectivity index (χ4n) is 1.33. The number of hydrogen-bond acceptors (Lipinski definition) is 2. The predicted molar refractivity (Wildman–Crippen MR) is 67.2 cm³/mol. The molecule has 0 bridgehead atoms. The summed E-state index contributed by atoms with van der Waals surface area (Å²) in [6, 6.07) is 3.63. The summed E-state index contributed by atoms with van der Waals surface area (Å²) in [4.78, 5) is 11.9. The lowest BCUT2D eigenvalue weighted by Crippen LogP contribution is -2.45. The number of nitrogens with one attached hydrogen (secondary N) is 1. The summed E-state index contributed by atoms with van der Waals surface area (Å²) in [6.07, 6.45) is 0. The normalized spacial score (nSPS) is 13.3. The zero-order valence-electron chi connectivity index (χ0n) is 10.7. The molecule has 3 nitrogen and oxygen atoms in total. The van der Waals surface area contributed by atoms with Gasteiger partial charge in [-0.15, -0.1) is 0 Å². The summed E-state index contributed by atoms with van der Waals surface area (Å²) in [5.41, 5.74) is 6.77. The number of rotatable bonds is 2. The van der Waals surface area contributed by atoms with Crippen LogP contribution in [0.1, 0.15) is 26.3 Å². The zero-order valence-corrected chi connectivity index (χ0v) is 10.7. The van der Waals surface area contributed by atoms with Crippen LogP contribution >= 0.6 is 0 Å². The van der Waals surface area contributed by atoms with Gasteiger partial charge in [-0.3, -0.25) is 4.79 Å². The first-order chi connectivity index (χ1) is 7.71. The molecule has 1 aromatic rings. The Hall–Kier alpha value is -1.42. The third kappa shape index (κ3) is 3.53. The molecule has 4 heteroatoms. The first-order valence-electron chi connectivity index (χ1n) is 5.54. The molecule has 0 saturated heterocycles. The van der Waals surface area contributed by atoms with Crippen LogP contribution in [0.15, 0.2) is 18.2 Å². The van der Waals surface area contributed by atoms with Crippen molar-refractivity contribution in [2.24, 2.45) is 11.1 Å². The van der Waals surface area contributed by atoms with Crippen LogP contribution in [0.3, 0.4) is 0 Å². The number of aryl methyl sites for hydroxylation is 1. The van der Waals surface area contributed by atoms with Crippen LogP contribution in [0.4, 0.5) is 10.1 Å². The molecular formula is C13H19FN2O. The third-order valence-electron chi connectivity index (χ3n) is 2.67. The van der Waals surface area contributed by atoms with Crippen molar-refractivity contribution in [3.05, 3.63) is 29.6 Å². The Morgan fingerprint density at radius 3 is 2.53 bits per heavy atom. The highest BCUT2D eigenvalue weighted by atomic mass is 19.1. The number of amides is 1. The first-order valence-corrected chi connectivity index (χ1v) is 5.54. The molecule has 0 radical (unpaired) electrons. The Morgan fingerprint density at radius 1 is 1.41 bits per heavy atom. The number of benzene rings is 1. The van der Waals surface area contributed by atoms with E-state index in [-0.39, 0.29) is 17.1 Å². The molecule has 17 heavy (non-hydrogen) atoms. The van der Waals surface area contributed by atoms with Crippen molar-refractivity contribution in [2.45, 2.75) is 33.7 Å². The van der Waals surface area contributed by atoms with Gasteiger partial charge in [0.05, 0.1) is 6.04 Å². The van der Waals surface area contributed by atoms with E-state index in [1.54, 1.807) is 13.0 Å². The molecule has 1 atom stereocenters. The van der Waals surface area contributed by atoms with E-state index in [2.05, 4.69) is 5.32 Å². The summed E-state index contributed by atoms with van der Waals surface area (Å²) in [5, 5.41) is 2.65. The van der Waals surface area contributed by atoms with Crippen LogP contribution in [0.5, 0.6) is 0 Å². The number of halogens is 1. The van der Waals surface area contributed by atoms with Crippen molar-refractivity contribution in [1.82, 2.24) is 0 Å².